The average molecular weight is 507 g/mol. The fraction of sp³-hybridized carbons (Fsp3) is 0.600. The van der Waals surface area contributed by atoms with Crippen LogP contribution in [0.4, 0.5) is 8.78 Å². The van der Waals surface area contributed by atoms with Gasteiger partial charge in [0.1, 0.15) is 11.6 Å². The van der Waals surface area contributed by atoms with E-state index in [1.807, 2.05) is 6.92 Å². The summed E-state index contributed by atoms with van der Waals surface area (Å²) in [6.45, 7) is 6.06. The third-order valence-electron chi connectivity index (χ3n) is 5.12. The smallest absolute Gasteiger partial charge is 0.310 e. The molecule has 8 heteroatoms. The summed E-state index contributed by atoms with van der Waals surface area (Å²) >= 11 is 0. The average Bonchev–Trinajstić information content (AvgIpc) is 3.40. The maximum absolute atomic E-state index is 14.0. The Kier molecular flexibility index (Phi) is 8.45. The van der Waals surface area contributed by atoms with Crippen molar-refractivity contribution in [3.63, 3.8) is 0 Å². The van der Waals surface area contributed by atoms with Crippen molar-refractivity contribution in [1.29, 1.82) is 0 Å². The number of guanidine groups is 1. The number of nitrogens with one attached hydrogen (secondary N) is 1. The lowest BCUT2D eigenvalue weighted by atomic mass is 9.98. The van der Waals surface area contributed by atoms with E-state index in [2.05, 4.69) is 15.2 Å². The predicted octanol–water partition coefficient (Wildman–Crippen LogP) is 3.68. The summed E-state index contributed by atoms with van der Waals surface area (Å²) in [5.41, 5.74) is 0.147. The molecule has 28 heavy (non-hydrogen) atoms. The van der Waals surface area contributed by atoms with E-state index in [4.69, 9.17) is 4.74 Å². The van der Waals surface area contributed by atoms with Gasteiger partial charge in [-0.2, -0.15) is 0 Å². The minimum atomic E-state index is -0.501. The minimum absolute atomic E-state index is 0. The zero-order valence-electron chi connectivity index (χ0n) is 16.3. The van der Waals surface area contributed by atoms with E-state index in [-0.39, 0.29) is 53.4 Å². The number of ether oxygens (including phenoxy) is 1. The normalized spacial score (nSPS) is 24.4. The van der Waals surface area contributed by atoms with Crippen LogP contribution in [-0.4, -0.2) is 49.1 Å². The Hall–Kier alpha value is -1.45. The highest BCUT2D eigenvalue weighted by molar-refractivity contribution is 14.0. The molecule has 0 spiro atoms. The number of carbonyl (C=O) groups is 1. The summed E-state index contributed by atoms with van der Waals surface area (Å²) in [4.78, 5) is 18.7. The van der Waals surface area contributed by atoms with Crippen molar-refractivity contribution in [2.45, 2.75) is 45.1 Å². The van der Waals surface area contributed by atoms with Crippen LogP contribution < -0.4 is 5.32 Å². The number of carbonyl (C=O) groups excluding carboxylic acids is 1. The van der Waals surface area contributed by atoms with Crippen molar-refractivity contribution >= 4 is 35.9 Å². The van der Waals surface area contributed by atoms with E-state index < -0.39 is 11.6 Å². The van der Waals surface area contributed by atoms with Crippen molar-refractivity contribution in [2.24, 2.45) is 10.9 Å². The number of likely N-dealkylation sites (tertiary alicyclic amines) is 1. The zero-order valence-corrected chi connectivity index (χ0v) is 18.6. The predicted molar refractivity (Wildman–Crippen MR) is 115 cm³/mol. The molecule has 2 aliphatic rings. The number of rotatable bonds is 5. The minimum Gasteiger partial charge on any atom is -0.466 e. The first-order valence-electron chi connectivity index (χ1n) is 9.71. The molecule has 0 radical (unpaired) electrons. The van der Waals surface area contributed by atoms with E-state index in [1.54, 1.807) is 6.92 Å². The van der Waals surface area contributed by atoms with Crippen LogP contribution >= 0.6 is 24.0 Å². The van der Waals surface area contributed by atoms with Gasteiger partial charge in [-0.1, -0.05) is 6.07 Å². The summed E-state index contributed by atoms with van der Waals surface area (Å²) in [6, 6.07) is 3.92. The number of esters is 1. The Morgan fingerprint density at radius 1 is 1.32 bits per heavy atom. The molecule has 1 aromatic carbocycles. The van der Waals surface area contributed by atoms with Gasteiger partial charge in [-0.15, -0.1) is 24.0 Å². The molecule has 0 bridgehead atoms. The number of nitrogens with zero attached hydrogens (tertiary/aromatic N) is 2. The highest BCUT2D eigenvalue weighted by atomic mass is 127. The molecule has 1 saturated heterocycles. The van der Waals surface area contributed by atoms with Crippen LogP contribution in [0.5, 0.6) is 0 Å². The lowest BCUT2D eigenvalue weighted by Gasteiger charge is -2.34. The second-order valence-electron chi connectivity index (χ2n) is 7.06. The van der Waals surface area contributed by atoms with Gasteiger partial charge in [0.2, 0.25) is 0 Å². The Labute approximate surface area is 181 Å². The molecule has 3 unspecified atom stereocenters. The second kappa shape index (κ2) is 10.4. The third kappa shape index (κ3) is 5.33. The van der Waals surface area contributed by atoms with Crippen LogP contribution in [0, 0.1) is 17.6 Å². The second-order valence-corrected chi connectivity index (χ2v) is 7.06. The maximum atomic E-state index is 14.0. The molecular formula is C20H28F2IN3O2. The van der Waals surface area contributed by atoms with Crippen LogP contribution in [0.1, 0.15) is 44.6 Å². The van der Waals surface area contributed by atoms with Gasteiger partial charge in [0.25, 0.3) is 0 Å². The first-order valence-corrected chi connectivity index (χ1v) is 9.71. The van der Waals surface area contributed by atoms with Crippen LogP contribution in [-0.2, 0) is 9.53 Å². The maximum Gasteiger partial charge on any atom is 0.310 e. The summed E-state index contributed by atoms with van der Waals surface area (Å²) in [7, 11) is 0. The van der Waals surface area contributed by atoms with E-state index in [0.717, 1.165) is 19.4 Å². The molecule has 156 valence electrons. The van der Waals surface area contributed by atoms with Gasteiger partial charge < -0.3 is 15.0 Å². The Morgan fingerprint density at radius 2 is 2.04 bits per heavy atom. The number of hydrogen-bond acceptors (Lipinski definition) is 3. The summed E-state index contributed by atoms with van der Waals surface area (Å²) < 4.78 is 33.2. The van der Waals surface area contributed by atoms with Crippen LogP contribution in [0.25, 0.3) is 0 Å². The molecule has 1 aromatic rings. The standard InChI is InChI=1S/C20H27F2N3O2.HI/c1-3-23-20(25-10-6-7-13(12-25)19(26)27-4-2)24-17-11-14(17)18-15(21)8-5-9-16(18)22;/h5,8-9,13-14,17H,3-4,6-7,10-12H2,1-2H3,(H,23,24);1H. The topological polar surface area (TPSA) is 53.9 Å². The molecule has 1 N–H and O–H groups in total. The van der Waals surface area contributed by atoms with Crippen molar-refractivity contribution < 1.29 is 18.3 Å². The van der Waals surface area contributed by atoms with E-state index in [9.17, 15) is 13.6 Å². The molecule has 3 atom stereocenters. The van der Waals surface area contributed by atoms with E-state index in [0.29, 0.717) is 32.1 Å². The van der Waals surface area contributed by atoms with Crippen molar-refractivity contribution in [2.75, 3.05) is 26.2 Å². The molecule has 3 rings (SSSR count). The van der Waals surface area contributed by atoms with Gasteiger partial charge >= 0.3 is 5.97 Å². The number of benzene rings is 1. The highest BCUT2D eigenvalue weighted by Gasteiger charge is 2.43. The largest absolute Gasteiger partial charge is 0.466 e. The summed E-state index contributed by atoms with van der Waals surface area (Å²) in [6.07, 6.45) is 2.35. The molecule has 1 aliphatic heterocycles. The quantitative estimate of drug-likeness (QED) is 0.286. The van der Waals surface area contributed by atoms with Crippen LogP contribution in [0.3, 0.4) is 0 Å². The van der Waals surface area contributed by atoms with Gasteiger partial charge in [0, 0.05) is 37.2 Å². The van der Waals surface area contributed by atoms with Gasteiger partial charge in [-0.3, -0.25) is 9.79 Å². The van der Waals surface area contributed by atoms with E-state index in [1.165, 1.54) is 18.2 Å². The molecule has 1 aliphatic carbocycles. The Balaban J connectivity index is 0.00000280. The van der Waals surface area contributed by atoms with E-state index >= 15 is 0 Å². The Morgan fingerprint density at radius 3 is 2.68 bits per heavy atom. The van der Waals surface area contributed by atoms with Gasteiger partial charge in [0.15, 0.2) is 5.96 Å². The van der Waals surface area contributed by atoms with Gasteiger partial charge in [0.05, 0.1) is 12.5 Å². The molecule has 0 aromatic heterocycles. The third-order valence-corrected chi connectivity index (χ3v) is 5.12. The summed E-state index contributed by atoms with van der Waals surface area (Å²) in [5.74, 6) is -0.829. The number of aliphatic imine (C=N–C) groups is 1. The first-order chi connectivity index (χ1) is 13.0. The zero-order chi connectivity index (χ0) is 19.4. The van der Waals surface area contributed by atoms with Crippen molar-refractivity contribution in [3.8, 4) is 0 Å². The molecule has 1 saturated carbocycles. The monoisotopic (exact) mass is 507 g/mol. The molecule has 1 heterocycles. The lowest BCUT2D eigenvalue weighted by Crippen LogP contribution is -2.49. The fourth-order valence-corrected chi connectivity index (χ4v) is 3.71. The fourth-order valence-electron chi connectivity index (χ4n) is 3.71. The highest BCUT2D eigenvalue weighted by Crippen LogP contribution is 2.43. The molecule has 5 nitrogen and oxygen atoms in total. The molecular weight excluding hydrogens is 479 g/mol. The SMILES string of the molecule is CCN=C(NC1CC1c1c(F)cccc1F)N1CCCC(C(=O)OCC)C1.I. The molecule has 2 fully saturated rings. The van der Waals surface area contributed by atoms with Crippen molar-refractivity contribution in [3.05, 3.63) is 35.4 Å². The number of halogens is 3. The van der Waals surface area contributed by atoms with Gasteiger partial charge in [-0.05, 0) is 45.2 Å². The Bertz CT molecular complexity index is 696. The molecule has 0 amide bonds. The number of hydrogen-bond donors (Lipinski definition) is 1. The first kappa shape index (κ1) is 22.8. The number of piperidine rings is 1. The lowest BCUT2D eigenvalue weighted by molar-refractivity contribution is -0.149. The van der Waals surface area contributed by atoms with Gasteiger partial charge in [-0.25, -0.2) is 8.78 Å². The van der Waals surface area contributed by atoms with Crippen LogP contribution in [0.15, 0.2) is 23.2 Å². The summed E-state index contributed by atoms with van der Waals surface area (Å²) in [5, 5.41) is 3.35. The van der Waals surface area contributed by atoms with Crippen LogP contribution in [0.2, 0.25) is 0 Å². The van der Waals surface area contributed by atoms with Crippen molar-refractivity contribution in [1.82, 2.24) is 10.2 Å².